The van der Waals surface area contributed by atoms with E-state index in [1.54, 1.807) is 14.2 Å². The van der Waals surface area contributed by atoms with Crippen LogP contribution in [0.5, 0.6) is 11.5 Å². The SMILES string of the molecule is COc1ccc([C@H]2CCCN2CC(=O)Nc2ccccc2I)c(OC)c1. The Kier molecular flexibility index (Phi) is 6.37. The average Bonchev–Trinajstić information content (AvgIpc) is 3.10. The molecular weight excluding hydrogens is 443 g/mol. The number of anilines is 1. The molecule has 1 heterocycles. The zero-order valence-corrected chi connectivity index (χ0v) is 17.2. The molecule has 2 aromatic rings. The second kappa shape index (κ2) is 8.73. The summed E-state index contributed by atoms with van der Waals surface area (Å²) in [6.45, 7) is 1.27. The average molecular weight is 466 g/mol. The van der Waals surface area contributed by atoms with Crippen molar-refractivity contribution in [2.24, 2.45) is 0 Å². The van der Waals surface area contributed by atoms with Crippen LogP contribution in [-0.4, -0.2) is 38.1 Å². The van der Waals surface area contributed by atoms with Crippen LogP contribution in [0.3, 0.4) is 0 Å². The van der Waals surface area contributed by atoms with Gasteiger partial charge >= 0.3 is 0 Å². The number of halogens is 1. The maximum atomic E-state index is 12.5. The fourth-order valence-corrected chi connectivity index (χ4v) is 3.92. The zero-order valence-electron chi connectivity index (χ0n) is 15.0. The topological polar surface area (TPSA) is 50.8 Å². The smallest absolute Gasteiger partial charge is 0.238 e. The lowest BCUT2D eigenvalue weighted by atomic mass is 10.0. The molecule has 0 radical (unpaired) electrons. The third-order valence-electron chi connectivity index (χ3n) is 4.66. The normalized spacial score (nSPS) is 17.1. The molecule has 0 aromatic heterocycles. The van der Waals surface area contributed by atoms with Crippen LogP contribution in [0.2, 0.25) is 0 Å². The molecule has 0 spiro atoms. The third kappa shape index (κ3) is 4.29. The van der Waals surface area contributed by atoms with Crippen molar-refractivity contribution in [3.8, 4) is 11.5 Å². The van der Waals surface area contributed by atoms with Crippen molar-refractivity contribution >= 4 is 34.2 Å². The molecular formula is C20H23IN2O3. The number of carbonyl (C=O) groups excluding carboxylic acids is 1. The van der Waals surface area contributed by atoms with Gasteiger partial charge in [-0.3, -0.25) is 9.69 Å². The zero-order chi connectivity index (χ0) is 18.5. The van der Waals surface area contributed by atoms with E-state index < -0.39 is 0 Å². The summed E-state index contributed by atoms with van der Waals surface area (Å²) in [4.78, 5) is 14.8. The predicted octanol–water partition coefficient (Wildman–Crippen LogP) is 4.08. The van der Waals surface area contributed by atoms with Gasteiger partial charge in [0.25, 0.3) is 0 Å². The Hall–Kier alpha value is -1.80. The number of hydrogen-bond acceptors (Lipinski definition) is 4. The number of amides is 1. The van der Waals surface area contributed by atoms with Crippen LogP contribution in [0.15, 0.2) is 42.5 Å². The third-order valence-corrected chi connectivity index (χ3v) is 5.60. The van der Waals surface area contributed by atoms with Gasteiger partial charge in [-0.1, -0.05) is 18.2 Å². The number of benzene rings is 2. The number of nitrogens with one attached hydrogen (secondary N) is 1. The van der Waals surface area contributed by atoms with Crippen LogP contribution < -0.4 is 14.8 Å². The summed E-state index contributed by atoms with van der Waals surface area (Å²) >= 11 is 2.23. The molecule has 1 fully saturated rings. The van der Waals surface area contributed by atoms with E-state index in [4.69, 9.17) is 9.47 Å². The number of hydrogen-bond donors (Lipinski definition) is 1. The first-order valence-corrected chi connectivity index (χ1v) is 9.70. The standard InChI is InChI=1S/C20H23IN2O3/c1-25-14-9-10-15(19(12-14)26-2)18-8-5-11-23(18)13-20(24)22-17-7-4-3-6-16(17)21/h3-4,6-7,9-10,12,18H,5,8,11,13H2,1-2H3,(H,22,24)/t18-/m1/s1. The van der Waals surface area contributed by atoms with Gasteiger partial charge in [0.1, 0.15) is 11.5 Å². The van der Waals surface area contributed by atoms with Gasteiger partial charge in [-0.2, -0.15) is 0 Å². The van der Waals surface area contributed by atoms with Crippen molar-refractivity contribution in [2.75, 3.05) is 32.6 Å². The second-order valence-corrected chi connectivity index (χ2v) is 7.43. The molecule has 1 aliphatic rings. The Morgan fingerprint density at radius 2 is 2.04 bits per heavy atom. The Morgan fingerprint density at radius 3 is 2.77 bits per heavy atom. The van der Waals surface area contributed by atoms with E-state index in [1.807, 2.05) is 42.5 Å². The van der Waals surface area contributed by atoms with Gasteiger partial charge in [-0.15, -0.1) is 0 Å². The number of nitrogens with zero attached hydrogens (tertiary/aromatic N) is 1. The molecule has 5 nitrogen and oxygen atoms in total. The summed E-state index contributed by atoms with van der Waals surface area (Å²) in [5, 5.41) is 3.02. The lowest BCUT2D eigenvalue weighted by Crippen LogP contribution is -2.33. The summed E-state index contributed by atoms with van der Waals surface area (Å²) in [6.07, 6.45) is 2.08. The molecule has 0 saturated carbocycles. The quantitative estimate of drug-likeness (QED) is 0.652. The molecule has 1 aliphatic heterocycles. The summed E-state index contributed by atoms with van der Waals surface area (Å²) in [5.74, 6) is 1.58. The van der Waals surface area contributed by atoms with E-state index in [0.29, 0.717) is 6.54 Å². The maximum Gasteiger partial charge on any atom is 0.238 e. The molecule has 138 valence electrons. The van der Waals surface area contributed by atoms with Crippen molar-refractivity contribution in [1.29, 1.82) is 0 Å². The summed E-state index contributed by atoms with van der Waals surface area (Å²) < 4.78 is 11.9. The second-order valence-electron chi connectivity index (χ2n) is 6.26. The fraction of sp³-hybridized carbons (Fsp3) is 0.350. The van der Waals surface area contributed by atoms with Gasteiger partial charge in [0.05, 0.1) is 26.5 Å². The predicted molar refractivity (Wildman–Crippen MR) is 111 cm³/mol. The minimum Gasteiger partial charge on any atom is -0.497 e. The largest absolute Gasteiger partial charge is 0.497 e. The highest BCUT2D eigenvalue weighted by molar-refractivity contribution is 14.1. The first kappa shape index (κ1) is 19.0. The minimum atomic E-state index is 0.00787. The van der Waals surface area contributed by atoms with E-state index in [1.165, 1.54) is 0 Å². The van der Waals surface area contributed by atoms with Gasteiger partial charge in [0, 0.05) is 21.2 Å². The first-order valence-electron chi connectivity index (χ1n) is 8.62. The van der Waals surface area contributed by atoms with Crippen LogP contribution in [0, 0.1) is 3.57 Å². The number of carbonyl (C=O) groups is 1. The van der Waals surface area contributed by atoms with Crippen LogP contribution in [-0.2, 0) is 4.79 Å². The molecule has 1 saturated heterocycles. The van der Waals surface area contributed by atoms with E-state index in [0.717, 1.165) is 45.7 Å². The fourth-order valence-electron chi connectivity index (χ4n) is 3.40. The van der Waals surface area contributed by atoms with Crippen LogP contribution in [0.1, 0.15) is 24.4 Å². The molecule has 1 N–H and O–H groups in total. The Balaban J connectivity index is 1.72. The Morgan fingerprint density at radius 1 is 1.23 bits per heavy atom. The van der Waals surface area contributed by atoms with E-state index >= 15 is 0 Å². The van der Waals surface area contributed by atoms with Gasteiger partial charge < -0.3 is 14.8 Å². The molecule has 0 bridgehead atoms. The maximum absolute atomic E-state index is 12.5. The monoisotopic (exact) mass is 466 g/mol. The molecule has 6 heteroatoms. The van der Waals surface area contributed by atoms with Crippen molar-refractivity contribution in [3.05, 3.63) is 51.6 Å². The van der Waals surface area contributed by atoms with Crippen molar-refractivity contribution in [3.63, 3.8) is 0 Å². The molecule has 3 rings (SSSR count). The lowest BCUT2D eigenvalue weighted by molar-refractivity contribution is -0.117. The van der Waals surface area contributed by atoms with E-state index in [9.17, 15) is 4.79 Å². The molecule has 26 heavy (non-hydrogen) atoms. The Labute approximate surface area is 167 Å². The number of rotatable bonds is 6. The lowest BCUT2D eigenvalue weighted by Gasteiger charge is -2.26. The molecule has 1 atom stereocenters. The summed E-state index contributed by atoms with van der Waals surface area (Å²) in [6, 6.07) is 13.9. The van der Waals surface area contributed by atoms with Crippen LogP contribution in [0.4, 0.5) is 5.69 Å². The highest BCUT2D eigenvalue weighted by Gasteiger charge is 2.30. The summed E-state index contributed by atoms with van der Waals surface area (Å²) in [5.41, 5.74) is 1.96. The van der Waals surface area contributed by atoms with Crippen molar-refractivity contribution in [1.82, 2.24) is 4.90 Å². The molecule has 2 aromatic carbocycles. The van der Waals surface area contributed by atoms with Gasteiger partial charge in [-0.25, -0.2) is 0 Å². The molecule has 0 aliphatic carbocycles. The van der Waals surface area contributed by atoms with Crippen molar-refractivity contribution in [2.45, 2.75) is 18.9 Å². The van der Waals surface area contributed by atoms with Gasteiger partial charge in [0.2, 0.25) is 5.91 Å². The van der Waals surface area contributed by atoms with Crippen LogP contribution >= 0.6 is 22.6 Å². The van der Waals surface area contributed by atoms with Crippen molar-refractivity contribution < 1.29 is 14.3 Å². The van der Waals surface area contributed by atoms with Gasteiger partial charge in [0.15, 0.2) is 0 Å². The highest BCUT2D eigenvalue weighted by atomic mass is 127. The molecule has 0 unspecified atom stereocenters. The number of ether oxygens (including phenoxy) is 2. The van der Waals surface area contributed by atoms with Gasteiger partial charge in [-0.05, 0) is 60.2 Å². The van der Waals surface area contributed by atoms with E-state index in [2.05, 4.69) is 32.8 Å². The Bertz CT molecular complexity index is 781. The molecule has 1 amide bonds. The van der Waals surface area contributed by atoms with Crippen LogP contribution in [0.25, 0.3) is 0 Å². The summed E-state index contributed by atoms with van der Waals surface area (Å²) in [7, 11) is 3.31. The number of methoxy groups -OCH3 is 2. The number of likely N-dealkylation sites (tertiary alicyclic amines) is 1. The minimum absolute atomic E-state index is 0.00787. The number of para-hydroxylation sites is 1. The first-order chi connectivity index (χ1) is 12.6. The highest BCUT2D eigenvalue weighted by Crippen LogP contribution is 2.38. The van der Waals surface area contributed by atoms with E-state index in [-0.39, 0.29) is 11.9 Å².